The number of benzene rings is 1. The first-order valence-corrected chi connectivity index (χ1v) is 7.35. The summed E-state index contributed by atoms with van der Waals surface area (Å²) in [4.78, 5) is 42.5. The van der Waals surface area contributed by atoms with Gasteiger partial charge in [-0.15, -0.1) is 0 Å². The maximum atomic E-state index is 12.3. The van der Waals surface area contributed by atoms with E-state index in [0.717, 1.165) is 4.57 Å². The molecule has 0 atom stereocenters. The van der Waals surface area contributed by atoms with Gasteiger partial charge < -0.3 is 5.32 Å². The van der Waals surface area contributed by atoms with Crippen molar-refractivity contribution in [3.63, 3.8) is 0 Å². The van der Waals surface area contributed by atoms with Crippen LogP contribution in [0.3, 0.4) is 0 Å². The van der Waals surface area contributed by atoms with Gasteiger partial charge in [-0.3, -0.25) is 19.4 Å². The van der Waals surface area contributed by atoms with Crippen LogP contribution in [0.1, 0.15) is 5.56 Å². The number of amides is 1. The van der Waals surface area contributed by atoms with Crippen LogP contribution in [-0.2, 0) is 11.3 Å². The molecule has 1 aromatic carbocycles. The molecule has 3 rings (SSSR count). The summed E-state index contributed by atoms with van der Waals surface area (Å²) in [7, 11) is 0. The van der Waals surface area contributed by atoms with Crippen molar-refractivity contribution in [2.45, 2.75) is 13.5 Å². The maximum absolute atomic E-state index is 12.3. The Morgan fingerprint density at radius 1 is 1.31 bits per heavy atom. The van der Waals surface area contributed by atoms with E-state index in [9.17, 15) is 19.7 Å². The molecule has 11 heteroatoms. The van der Waals surface area contributed by atoms with Crippen LogP contribution in [0.2, 0.25) is 0 Å². The van der Waals surface area contributed by atoms with Crippen molar-refractivity contribution in [2.75, 3.05) is 5.32 Å². The first-order valence-electron chi connectivity index (χ1n) is 7.35. The van der Waals surface area contributed by atoms with E-state index in [1.165, 1.54) is 37.5 Å². The minimum atomic E-state index is -0.849. The molecular formula is C15H12N6O5. The van der Waals surface area contributed by atoms with Crippen LogP contribution >= 0.6 is 0 Å². The molecule has 132 valence electrons. The third-order valence-corrected chi connectivity index (χ3v) is 3.53. The Bertz CT molecular complexity index is 1030. The Balaban J connectivity index is 1.84. The van der Waals surface area contributed by atoms with Gasteiger partial charge in [-0.25, -0.2) is 19.3 Å². The van der Waals surface area contributed by atoms with Gasteiger partial charge >= 0.3 is 5.76 Å². The Kier molecular flexibility index (Phi) is 4.51. The minimum Gasteiger partial charge on any atom is -0.324 e. The van der Waals surface area contributed by atoms with Crippen LogP contribution in [0, 0.1) is 17.0 Å². The zero-order valence-electron chi connectivity index (χ0n) is 13.4. The Morgan fingerprint density at radius 3 is 2.73 bits per heavy atom. The van der Waals surface area contributed by atoms with Gasteiger partial charge in [0.2, 0.25) is 11.7 Å². The highest BCUT2D eigenvalue weighted by Gasteiger charge is 2.19. The van der Waals surface area contributed by atoms with Gasteiger partial charge in [0, 0.05) is 18.5 Å². The molecule has 0 saturated heterocycles. The number of nitro benzene ring substituents is 1. The van der Waals surface area contributed by atoms with E-state index in [1.54, 1.807) is 6.07 Å². The van der Waals surface area contributed by atoms with Gasteiger partial charge in [-0.2, -0.15) is 0 Å². The summed E-state index contributed by atoms with van der Waals surface area (Å²) in [5, 5.41) is 17.1. The van der Waals surface area contributed by atoms with Crippen molar-refractivity contribution in [3.8, 4) is 11.6 Å². The molecule has 0 unspecified atom stereocenters. The van der Waals surface area contributed by atoms with Crippen molar-refractivity contribution in [1.82, 2.24) is 19.7 Å². The van der Waals surface area contributed by atoms with E-state index in [1.807, 2.05) is 0 Å². The summed E-state index contributed by atoms with van der Waals surface area (Å²) in [6, 6.07) is 5.90. The van der Waals surface area contributed by atoms with Crippen LogP contribution in [0.5, 0.6) is 0 Å². The Hall–Kier alpha value is -3.89. The second kappa shape index (κ2) is 6.93. The summed E-state index contributed by atoms with van der Waals surface area (Å²) < 4.78 is 5.55. The third kappa shape index (κ3) is 3.31. The van der Waals surface area contributed by atoms with Crippen LogP contribution in [0.4, 0.5) is 11.4 Å². The number of hydrogen-bond donors (Lipinski definition) is 1. The quantitative estimate of drug-likeness (QED) is 0.529. The zero-order chi connectivity index (χ0) is 18.7. The van der Waals surface area contributed by atoms with Crippen molar-refractivity contribution in [1.29, 1.82) is 0 Å². The molecular weight excluding hydrogens is 344 g/mol. The molecule has 1 amide bonds. The number of rotatable bonds is 5. The summed E-state index contributed by atoms with van der Waals surface area (Å²) in [5.74, 6) is -1.31. The smallest absolute Gasteiger partial charge is 0.324 e. The van der Waals surface area contributed by atoms with Crippen LogP contribution in [0.25, 0.3) is 11.6 Å². The molecule has 0 aliphatic rings. The highest BCUT2D eigenvalue weighted by atomic mass is 16.6. The number of hydrogen-bond acceptors (Lipinski definition) is 8. The molecule has 3 aromatic rings. The van der Waals surface area contributed by atoms with E-state index >= 15 is 0 Å². The fraction of sp³-hybridized carbons (Fsp3) is 0.133. The standard InChI is InChI=1S/C15H12N6O5/c1-9-10(4-2-5-11(9)21(24)25)18-12(22)8-20-14(19-26-15(20)23)13-16-6-3-7-17-13/h2-7H,8H2,1H3,(H,18,22). The van der Waals surface area contributed by atoms with Crippen LogP contribution in [-0.4, -0.2) is 30.5 Å². The van der Waals surface area contributed by atoms with Gasteiger partial charge in [-0.05, 0) is 19.1 Å². The fourth-order valence-corrected chi connectivity index (χ4v) is 2.27. The van der Waals surface area contributed by atoms with Crippen LogP contribution < -0.4 is 11.1 Å². The molecule has 0 radical (unpaired) electrons. The van der Waals surface area contributed by atoms with Crippen molar-refractivity contribution < 1.29 is 14.2 Å². The molecule has 0 bridgehead atoms. The third-order valence-electron chi connectivity index (χ3n) is 3.53. The molecule has 0 saturated carbocycles. The number of anilines is 1. The SMILES string of the molecule is Cc1c(NC(=O)Cn2c(-c3ncccn3)noc2=O)cccc1[N+](=O)[O-]. The van der Waals surface area contributed by atoms with Gasteiger partial charge in [-0.1, -0.05) is 11.2 Å². The minimum absolute atomic E-state index is 0.00140. The predicted octanol–water partition coefficient (Wildman–Crippen LogP) is 1.15. The van der Waals surface area contributed by atoms with E-state index in [4.69, 9.17) is 0 Å². The largest absolute Gasteiger partial charge is 0.442 e. The zero-order valence-corrected chi connectivity index (χ0v) is 13.4. The first-order chi connectivity index (χ1) is 12.5. The van der Waals surface area contributed by atoms with Crippen molar-refractivity contribution >= 4 is 17.3 Å². The van der Waals surface area contributed by atoms with E-state index in [2.05, 4.69) is 25.0 Å². The number of nitrogens with zero attached hydrogens (tertiary/aromatic N) is 5. The van der Waals surface area contributed by atoms with Gasteiger partial charge in [0.1, 0.15) is 6.54 Å². The summed E-state index contributed by atoms with van der Waals surface area (Å²) >= 11 is 0. The van der Waals surface area contributed by atoms with Crippen molar-refractivity contribution in [3.05, 3.63) is 62.9 Å². The van der Waals surface area contributed by atoms with E-state index in [-0.39, 0.29) is 23.0 Å². The molecule has 0 fully saturated rings. The Labute approximate surface area is 145 Å². The van der Waals surface area contributed by atoms with Crippen LogP contribution in [0.15, 0.2) is 46.0 Å². The molecule has 0 aliphatic heterocycles. The first kappa shape index (κ1) is 17.0. The topological polar surface area (TPSA) is 146 Å². The molecule has 2 heterocycles. The summed E-state index contributed by atoms with van der Waals surface area (Å²) in [6.45, 7) is 1.10. The molecule has 1 N–H and O–H groups in total. The second-order valence-corrected chi connectivity index (χ2v) is 5.19. The number of nitrogens with one attached hydrogen (secondary N) is 1. The van der Waals surface area contributed by atoms with E-state index in [0.29, 0.717) is 5.56 Å². The molecule has 11 nitrogen and oxygen atoms in total. The van der Waals surface area contributed by atoms with Gasteiger partial charge in [0.15, 0.2) is 5.82 Å². The lowest BCUT2D eigenvalue weighted by atomic mass is 10.1. The molecule has 0 aliphatic carbocycles. The summed E-state index contributed by atoms with van der Waals surface area (Å²) in [5.41, 5.74) is 0.449. The Morgan fingerprint density at radius 2 is 2.04 bits per heavy atom. The average molecular weight is 356 g/mol. The number of nitro groups is 1. The molecule has 2 aromatic heterocycles. The lowest BCUT2D eigenvalue weighted by molar-refractivity contribution is -0.385. The fourth-order valence-electron chi connectivity index (χ4n) is 2.27. The monoisotopic (exact) mass is 356 g/mol. The maximum Gasteiger partial charge on any atom is 0.442 e. The molecule has 0 spiro atoms. The molecule has 26 heavy (non-hydrogen) atoms. The number of carbonyl (C=O) groups excluding carboxylic acids is 1. The number of aromatic nitrogens is 4. The summed E-state index contributed by atoms with van der Waals surface area (Å²) in [6.07, 6.45) is 2.91. The van der Waals surface area contributed by atoms with Gasteiger partial charge in [0.05, 0.1) is 16.2 Å². The normalized spacial score (nSPS) is 10.5. The average Bonchev–Trinajstić information content (AvgIpc) is 2.98. The van der Waals surface area contributed by atoms with Crippen molar-refractivity contribution in [2.24, 2.45) is 0 Å². The lowest BCUT2D eigenvalue weighted by Gasteiger charge is -2.09. The van der Waals surface area contributed by atoms with Gasteiger partial charge in [0.25, 0.3) is 5.69 Å². The lowest BCUT2D eigenvalue weighted by Crippen LogP contribution is -2.26. The predicted molar refractivity (Wildman–Crippen MR) is 88.3 cm³/mol. The highest BCUT2D eigenvalue weighted by molar-refractivity contribution is 5.92. The van der Waals surface area contributed by atoms with E-state index < -0.39 is 23.1 Å². The second-order valence-electron chi connectivity index (χ2n) is 5.19. The highest BCUT2D eigenvalue weighted by Crippen LogP contribution is 2.25. The number of carbonyl (C=O) groups is 1.